The van der Waals surface area contributed by atoms with E-state index in [1.165, 1.54) is 23.5 Å². The maximum atomic E-state index is 12.5. The highest BCUT2D eigenvalue weighted by atomic mass is 35.5. The molecule has 0 aliphatic carbocycles. The minimum atomic E-state index is -0.712. The van der Waals surface area contributed by atoms with Crippen molar-refractivity contribution in [2.75, 3.05) is 17.3 Å². The second kappa shape index (κ2) is 9.38. The molecule has 2 rings (SSSR count). The molecule has 2 N–H and O–H groups in total. The summed E-state index contributed by atoms with van der Waals surface area (Å²) in [5.74, 6) is -0.0676. The Morgan fingerprint density at radius 3 is 2.68 bits per heavy atom. The standard InChI is InChI=1S/C15H16Cl2N4O2S2/c1-8-20-21-15(25-8)19-14(23)12(5-6-24-2)18-13(22)10-4-3-9(16)7-11(10)17/h3-4,7,12H,5-6H2,1-2H3,(H,18,22)(H,19,21,23). The van der Waals surface area contributed by atoms with Gasteiger partial charge in [-0.25, -0.2) is 0 Å². The number of aryl methyl sites for hydroxylation is 1. The minimum absolute atomic E-state index is 0.230. The van der Waals surface area contributed by atoms with Gasteiger partial charge in [0.1, 0.15) is 11.0 Å². The van der Waals surface area contributed by atoms with Gasteiger partial charge in [-0.1, -0.05) is 34.5 Å². The Morgan fingerprint density at radius 1 is 1.32 bits per heavy atom. The molecular formula is C15H16Cl2N4O2S2. The van der Waals surface area contributed by atoms with Crippen molar-refractivity contribution in [3.8, 4) is 0 Å². The van der Waals surface area contributed by atoms with E-state index in [2.05, 4.69) is 20.8 Å². The zero-order chi connectivity index (χ0) is 18.4. The second-order valence-electron chi connectivity index (χ2n) is 5.05. The van der Waals surface area contributed by atoms with Crippen molar-refractivity contribution in [1.29, 1.82) is 0 Å². The van der Waals surface area contributed by atoms with E-state index in [4.69, 9.17) is 23.2 Å². The summed E-state index contributed by atoms with van der Waals surface area (Å²) in [5.41, 5.74) is 0.264. The summed E-state index contributed by atoms with van der Waals surface area (Å²) in [7, 11) is 0. The summed E-state index contributed by atoms with van der Waals surface area (Å²) in [5, 5.41) is 14.9. The monoisotopic (exact) mass is 418 g/mol. The first-order valence-corrected chi connectivity index (χ1v) is 10.2. The van der Waals surface area contributed by atoms with Crippen molar-refractivity contribution >= 4 is 63.2 Å². The molecule has 10 heteroatoms. The molecule has 1 unspecified atom stereocenters. The summed E-state index contributed by atoms with van der Waals surface area (Å²) in [6.45, 7) is 1.79. The van der Waals surface area contributed by atoms with Gasteiger partial charge in [-0.15, -0.1) is 10.2 Å². The molecule has 0 saturated heterocycles. The van der Waals surface area contributed by atoms with Crippen LogP contribution in [0.1, 0.15) is 21.8 Å². The molecule has 1 atom stereocenters. The van der Waals surface area contributed by atoms with Crippen LogP contribution in [0.4, 0.5) is 5.13 Å². The average molecular weight is 419 g/mol. The van der Waals surface area contributed by atoms with Crippen LogP contribution in [0, 0.1) is 6.92 Å². The lowest BCUT2D eigenvalue weighted by Gasteiger charge is -2.17. The van der Waals surface area contributed by atoms with E-state index in [-0.39, 0.29) is 16.5 Å². The van der Waals surface area contributed by atoms with Gasteiger partial charge in [-0.2, -0.15) is 11.8 Å². The largest absolute Gasteiger partial charge is 0.340 e. The fourth-order valence-corrected chi connectivity index (χ4v) is 3.51. The first kappa shape index (κ1) is 20.0. The molecule has 0 aliphatic heterocycles. The van der Waals surface area contributed by atoms with Crippen molar-refractivity contribution in [2.45, 2.75) is 19.4 Å². The Bertz CT molecular complexity index is 770. The number of hydrogen-bond donors (Lipinski definition) is 2. The molecule has 0 saturated carbocycles. The van der Waals surface area contributed by atoms with Crippen LogP contribution < -0.4 is 10.6 Å². The van der Waals surface area contributed by atoms with Crippen LogP contribution >= 0.6 is 46.3 Å². The van der Waals surface area contributed by atoms with Crippen molar-refractivity contribution in [2.24, 2.45) is 0 Å². The molecule has 25 heavy (non-hydrogen) atoms. The topological polar surface area (TPSA) is 84.0 Å². The van der Waals surface area contributed by atoms with Crippen LogP contribution in [0.3, 0.4) is 0 Å². The zero-order valence-electron chi connectivity index (χ0n) is 13.5. The van der Waals surface area contributed by atoms with E-state index in [9.17, 15) is 9.59 Å². The highest BCUT2D eigenvalue weighted by Gasteiger charge is 2.23. The number of amides is 2. The molecule has 0 radical (unpaired) electrons. The van der Waals surface area contributed by atoms with Crippen LogP contribution in [-0.2, 0) is 4.79 Å². The summed E-state index contributed by atoms with van der Waals surface area (Å²) in [6, 6.07) is 3.87. The van der Waals surface area contributed by atoms with Gasteiger partial charge < -0.3 is 5.32 Å². The summed E-state index contributed by atoms with van der Waals surface area (Å²) >= 11 is 14.8. The predicted octanol–water partition coefficient (Wildman–Crippen LogP) is 3.64. The molecule has 2 aromatic rings. The fourth-order valence-electron chi connectivity index (χ4n) is 1.95. The van der Waals surface area contributed by atoms with Crippen LogP contribution in [-0.4, -0.2) is 40.1 Å². The Kier molecular flexibility index (Phi) is 7.49. The number of aromatic nitrogens is 2. The van der Waals surface area contributed by atoms with Gasteiger partial charge in [-0.05, 0) is 43.6 Å². The predicted molar refractivity (Wildman–Crippen MR) is 104 cm³/mol. The van der Waals surface area contributed by atoms with Gasteiger partial charge in [0, 0.05) is 5.02 Å². The Labute approximate surface area is 163 Å². The van der Waals surface area contributed by atoms with Gasteiger partial charge in [0.2, 0.25) is 11.0 Å². The molecule has 6 nitrogen and oxygen atoms in total. The number of nitrogens with one attached hydrogen (secondary N) is 2. The van der Waals surface area contributed by atoms with E-state index in [1.54, 1.807) is 24.8 Å². The highest BCUT2D eigenvalue weighted by molar-refractivity contribution is 7.98. The molecule has 134 valence electrons. The van der Waals surface area contributed by atoms with E-state index in [0.717, 1.165) is 5.01 Å². The van der Waals surface area contributed by atoms with Crippen LogP contribution in [0.5, 0.6) is 0 Å². The minimum Gasteiger partial charge on any atom is -0.340 e. The van der Waals surface area contributed by atoms with Crippen LogP contribution in [0.25, 0.3) is 0 Å². The molecular weight excluding hydrogens is 403 g/mol. The summed E-state index contributed by atoms with van der Waals surface area (Å²) in [6.07, 6.45) is 2.41. The van der Waals surface area contributed by atoms with Gasteiger partial charge >= 0.3 is 0 Å². The second-order valence-corrected chi connectivity index (χ2v) is 8.06. The number of carbonyl (C=O) groups is 2. The van der Waals surface area contributed by atoms with E-state index < -0.39 is 11.9 Å². The third-order valence-corrected chi connectivity index (χ3v) is 5.11. The molecule has 0 aliphatic rings. The van der Waals surface area contributed by atoms with Gasteiger partial charge in [-0.3, -0.25) is 14.9 Å². The SMILES string of the molecule is CSCCC(NC(=O)c1ccc(Cl)cc1Cl)C(=O)Nc1nnc(C)s1. The van der Waals surface area contributed by atoms with Gasteiger partial charge in [0.15, 0.2) is 0 Å². The summed E-state index contributed by atoms with van der Waals surface area (Å²) < 4.78 is 0. The normalized spacial score (nSPS) is 11.8. The number of rotatable bonds is 7. The summed E-state index contributed by atoms with van der Waals surface area (Å²) in [4.78, 5) is 24.9. The molecule has 1 heterocycles. The van der Waals surface area contributed by atoms with Gasteiger partial charge in [0.05, 0.1) is 10.6 Å². The molecule has 2 amide bonds. The van der Waals surface area contributed by atoms with Crippen molar-refractivity contribution in [3.05, 3.63) is 38.8 Å². The lowest BCUT2D eigenvalue weighted by atomic mass is 10.1. The fraction of sp³-hybridized carbons (Fsp3) is 0.333. The average Bonchev–Trinajstić information content (AvgIpc) is 2.96. The number of halogens is 2. The van der Waals surface area contributed by atoms with Crippen LogP contribution in [0.15, 0.2) is 18.2 Å². The van der Waals surface area contributed by atoms with Crippen molar-refractivity contribution in [1.82, 2.24) is 15.5 Å². The van der Waals surface area contributed by atoms with E-state index in [1.807, 2.05) is 6.26 Å². The number of thioether (sulfide) groups is 1. The molecule has 0 spiro atoms. The third kappa shape index (κ3) is 5.85. The number of carbonyl (C=O) groups excluding carboxylic acids is 2. The number of benzene rings is 1. The van der Waals surface area contributed by atoms with Crippen molar-refractivity contribution < 1.29 is 9.59 Å². The maximum absolute atomic E-state index is 12.5. The quantitative estimate of drug-likeness (QED) is 0.716. The molecule has 0 bridgehead atoms. The van der Waals surface area contributed by atoms with Gasteiger partial charge in [0.25, 0.3) is 5.91 Å². The number of nitrogens with zero attached hydrogens (tertiary/aromatic N) is 2. The highest BCUT2D eigenvalue weighted by Crippen LogP contribution is 2.21. The smallest absolute Gasteiger partial charge is 0.253 e. The number of hydrogen-bond acceptors (Lipinski definition) is 6. The molecule has 1 aromatic heterocycles. The van der Waals surface area contributed by atoms with E-state index >= 15 is 0 Å². The maximum Gasteiger partial charge on any atom is 0.253 e. The Balaban J connectivity index is 2.10. The number of anilines is 1. The van der Waals surface area contributed by atoms with Crippen molar-refractivity contribution in [3.63, 3.8) is 0 Å². The Hall–Kier alpha value is -1.35. The molecule has 1 aromatic carbocycles. The van der Waals surface area contributed by atoms with Crippen LogP contribution in [0.2, 0.25) is 10.0 Å². The lowest BCUT2D eigenvalue weighted by molar-refractivity contribution is -0.118. The third-order valence-electron chi connectivity index (χ3n) is 3.16. The Morgan fingerprint density at radius 2 is 2.08 bits per heavy atom. The zero-order valence-corrected chi connectivity index (χ0v) is 16.7. The first-order valence-electron chi connectivity index (χ1n) is 7.26. The van der Waals surface area contributed by atoms with E-state index in [0.29, 0.717) is 22.3 Å². The first-order chi connectivity index (χ1) is 11.9. The lowest BCUT2D eigenvalue weighted by Crippen LogP contribution is -2.44. The molecule has 0 fully saturated rings.